The van der Waals surface area contributed by atoms with Crippen LogP contribution in [0.2, 0.25) is 0 Å². The standard InChI is InChI=1S/C24H23F4N5O5/c25-18-4-1-3-17(19(18)37-22(35)24(26,27)28)20(34)30-16-7-5-15(6-8-16)21-31-32-23(38-21)29-9-2-10-33-11-13-36-14-12-33/h1,3-8H,2,9-14H2,(H,29,32)(H,30,34). The van der Waals surface area contributed by atoms with Crippen LogP contribution in [-0.2, 0) is 9.53 Å². The highest BCUT2D eigenvalue weighted by Gasteiger charge is 2.42. The van der Waals surface area contributed by atoms with E-state index in [1.54, 1.807) is 12.1 Å². The Bertz CT molecular complexity index is 1260. The number of rotatable bonds is 9. The van der Waals surface area contributed by atoms with E-state index in [2.05, 4.69) is 30.5 Å². The molecular weight excluding hydrogens is 514 g/mol. The van der Waals surface area contributed by atoms with E-state index in [0.717, 1.165) is 57.5 Å². The summed E-state index contributed by atoms with van der Waals surface area (Å²) in [4.78, 5) is 26.1. The molecule has 4 rings (SSSR count). The van der Waals surface area contributed by atoms with Crippen LogP contribution in [0, 0.1) is 5.82 Å². The number of halogens is 4. The van der Waals surface area contributed by atoms with Gasteiger partial charge in [0.25, 0.3) is 5.91 Å². The zero-order valence-corrected chi connectivity index (χ0v) is 19.9. The van der Waals surface area contributed by atoms with Crippen LogP contribution in [0.1, 0.15) is 16.8 Å². The number of carbonyl (C=O) groups excluding carboxylic acids is 2. The number of hydrogen-bond donors (Lipinski definition) is 2. The summed E-state index contributed by atoms with van der Waals surface area (Å²) in [6.07, 6.45) is -4.48. The molecule has 1 aromatic heterocycles. The summed E-state index contributed by atoms with van der Waals surface area (Å²) < 4.78 is 66.7. The number of aromatic nitrogens is 2. The van der Waals surface area contributed by atoms with Crippen molar-refractivity contribution in [3.05, 3.63) is 53.8 Å². The van der Waals surface area contributed by atoms with Crippen LogP contribution in [0.3, 0.4) is 0 Å². The van der Waals surface area contributed by atoms with E-state index in [4.69, 9.17) is 9.15 Å². The van der Waals surface area contributed by atoms with Crippen molar-refractivity contribution in [3.8, 4) is 17.2 Å². The second-order valence-corrected chi connectivity index (χ2v) is 8.18. The minimum Gasteiger partial charge on any atom is -0.416 e. The third-order valence-electron chi connectivity index (χ3n) is 5.48. The zero-order valence-electron chi connectivity index (χ0n) is 19.9. The molecule has 0 radical (unpaired) electrons. The topological polar surface area (TPSA) is 119 Å². The smallest absolute Gasteiger partial charge is 0.416 e. The maximum Gasteiger partial charge on any atom is 0.491 e. The maximum absolute atomic E-state index is 14.1. The van der Waals surface area contributed by atoms with Gasteiger partial charge in [-0.3, -0.25) is 9.69 Å². The number of ether oxygens (including phenoxy) is 2. The SMILES string of the molecule is O=C(Nc1ccc(-c2nnc(NCCCN3CCOCC3)o2)cc1)c1cccc(F)c1OC(=O)C(F)(F)F. The van der Waals surface area contributed by atoms with Crippen molar-refractivity contribution in [2.75, 3.05) is 50.0 Å². The molecule has 3 aromatic rings. The van der Waals surface area contributed by atoms with Crippen molar-refractivity contribution in [2.45, 2.75) is 12.6 Å². The first kappa shape index (κ1) is 27.0. The molecular formula is C24H23F4N5O5. The van der Waals surface area contributed by atoms with Crippen molar-refractivity contribution in [3.63, 3.8) is 0 Å². The third kappa shape index (κ3) is 7.04. The number of carbonyl (C=O) groups is 2. The molecule has 1 aliphatic rings. The molecule has 2 heterocycles. The van der Waals surface area contributed by atoms with Crippen molar-refractivity contribution >= 4 is 23.6 Å². The van der Waals surface area contributed by atoms with Gasteiger partial charge in [-0.15, -0.1) is 5.10 Å². The Morgan fingerprint density at radius 1 is 1.05 bits per heavy atom. The number of alkyl halides is 3. The quantitative estimate of drug-likeness (QED) is 0.182. The van der Waals surface area contributed by atoms with Gasteiger partial charge in [0.2, 0.25) is 5.89 Å². The fourth-order valence-electron chi connectivity index (χ4n) is 3.57. The molecule has 2 N–H and O–H groups in total. The molecule has 1 amide bonds. The molecule has 0 spiro atoms. The Kier molecular flexibility index (Phi) is 8.53. The lowest BCUT2D eigenvalue weighted by Crippen LogP contribution is -2.37. The van der Waals surface area contributed by atoms with Crippen LogP contribution in [0.25, 0.3) is 11.5 Å². The van der Waals surface area contributed by atoms with Gasteiger partial charge >= 0.3 is 18.2 Å². The summed E-state index contributed by atoms with van der Waals surface area (Å²) in [5.41, 5.74) is 0.187. The van der Waals surface area contributed by atoms with Gasteiger partial charge in [-0.05, 0) is 49.4 Å². The zero-order chi connectivity index (χ0) is 27.1. The Hall–Kier alpha value is -4.04. The van der Waals surface area contributed by atoms with Crippen LogP contribution >= 0.6 is 0 Å². The first-order valence-corrected chi connectivity index (χ1v) is 11.6. The monoisotopic (exact) mass is 537 g/mol. The lowest BCUT2D eigenvalue weighted by Gasteiger charge is -2.26. The molecule has 0 saturated carbocycles. The first-order valence-electron chi connectivity index (χ1n) is 11.6. The van der Waals surface area contributed by atoms with E-state index >= 15 is 0 Å². The largest absolute Gasteiger partial charge is 0.491 e. The van der Waals surface area contributed by atoms with E-state index in [9.17, 15) is 27.2 Å². The van der Waals surface area contributed by atoms with Crippen LogP contribution in [-0.4, -0.2) is 72.5 Å². The number of para-hydroxylation sites is 1. The highest BCUT2D eigenvalue weighted by atomic mass is 19.4. The summed E-state index contributed by atoms with van der Waals surface area (Å²) in [7, 11) is 0. The molecule has 14 heteroatoms. The summed E-state index contributed by atoms with van der Waals surface area (Å²) >= 11 is 0. The number of nitrogens with zero attached hydrogens (tertiary/aromatic N) is 3. The summed E-state index contributed by atoms with van der Waals surface area (Å²) in [6, 6.07) is 9.25. The van der Waals surface area contributed by atoms with E-state index in [1.807, 2.05) is 0 Å². The molecule has 1 fully saturated rings. The summed E-state index contributed by atoms with van der Waals surface area (Å²) in [5, 5.41) is 13.4. The first-order chi connectivity index (χ1) is 18.2. The van der Waals surface area contributed by atoms with Crippen molar-refractivity contribution in [1.29, 1.82) is 0 Å². The Morgan fingerprint density at radius 3 is 2.50 bits per heavy atom. The highest BCUT2D eigenvalue weighted by Crippen LogP contribution is 2.28. The van der Waals surface area contributed by atoms with Gasteiger partial charge < -0.3 is 24.5 Å². The fourth-order valence-corrected chi connectivity index (χ4v) is 3.57. The summed E-state index contributed by atoms with van der Waals surface area (Å²) in [6.45, 7) is 4.88. The Balaban J connectivity index is 1.33. The van der Waals surface area contributed by atoms with Crippen LogP contribution in [0.5, 0.6) is 5.75 Å². The minimum atomic E-state index is -5.36. The molecule has 0 atom stereocenters. The molecule has 0 unspecified atom stereocenters. The van der Waals surface area contributed by atoms with Gasteiger partial charge in [0, 0.05) is 30.9 Å². The Labute approximate surface area is 213 Å². The average molecular weight is 537 g/mol. The molecule has 1 saturated heterocycles. The second kappa shape index (κ2) is 12.0. The van der Waals surface area contributed by atoms with E-state index in [-0.39, 0.29) is 17.6 Å². The maximum atomic E-state index is 14.1. The number of morpholine rings is 1. The lowest BCUT2D eigenvalue weighted by atomic mass is 10.1. The molecule has 10 nitrogen and oxygen atoms in total. The highest BCUT2D eigenvalue weighted by molar-refractivity contribution is 6.06. The van der Waals surface area contributed by atoms with Gasteiger partial charge in [0.1, 0.15) is 0 Å². The normalized spacial score (nSPS) is 14.2. The number of hydrogen-bond acceptors (Lipinski definition) is 9. The van der Waals surface area contributed by atoms with Crippen molar-refractivity contribution < 1.29 is 41.0 Å². The molecule has 1 aliphatic heterocycles. The second-order valence-electron chi connectivity index (χ2n) is 8.18. The molecule has 202 valence electrons. The minimum absolute atomic E-state index is 0.227. The molecule has 0 aliphatic carbocycles. The van der Waals surface area contributed by atoms with E-state index in [1.165, 1.54) is 12.1 Å². The van der Waals surface area contributed by atoms with Crippen molar-refractivity contribution in [2.24, 2.45) is 0 Å². The molecule has 38 heavy (non-hydrogen) atoms. The number of esters is 1. The van der Waals surface area contributed by atoms with Crippen molar-refractivity contribution in [1.82, 2.24) is 15.1 Å². The molecule has 2 aromatic carbocycles. The van der Waals surface area contributed by atoms with Gasteiger partial charge in [-0.2, -0.15) is 13.2 Å². The van der Waals surface area contributed by atoms with Gasteiger partial charge in [-0.1, -0.05) is 11.2 Å². The van der Waals surface area contributed by atoms with E-state index in [0.29, 0.717) is 12.1 Å². The number of anilines is 2. The van der Waals surface area contributed by atoms with Crippen LogP contribution < -0.4 is 15.4 Å². The van der Waals surface area contributed by atoms with Gasteiger partial charge in [0.05, 0.1) is 18.8 Å². The number of amides is 1. The van der Waals surface area contributed by atoms with E-state index < -0.39 is 35.2 Å². The predicted octanol–water partition coefficient (Wildman–Crippen LogP) is 3.73. The van der Waals surface area contributed by atoms with Crippen LogP contribution in [0.4, 0.5) is 29.3 Å². The number of nitrogens with one attached hydrogen (secondary N) is 2. The third-order valence-corrected chi connectivity index (χ3v) is 5.48. The summed E-state index contributed by atoms with van der Waals surface area (Å²) in [5.74, 6) is -5.83. The average Bonchev–Trinajstić information content (AvgIpc) is 3.37. The lowest BCUT2D eigenvalue weighted by molar-refractivity contribution is -0.189. The van der Waals surface area contributed by atoms with Gasteiger partial charge in [-0.25, -0.2) is 9.18 Å². The predicted molar refractivity (Wildman–Crippen MR) is 126 cm³/mol. The molecule has 0 bridgehead atoms. The number of benzene rings is 2. The van der Waals surface area contributed by atoms with Gasteiger partial charge in [0.15, 0.2) is 11.6 Å². The fraction of sp³-hybridized carbons (Fsp3) is 0.333. The Morgan fingerprint density at radius 2 is 1.79 bits per heavy atom. The van der Waals surface area contributed by atoms with Crippen LogP contribution in [0.15, 0.2) is 46.9 Å².